The van der Waals surface area contributed by atoms with E-state index in [1.165, 1.54) is 35.2 Å². The lowest BCUT2D eigenvalue weighted by Gasteiger charge is -2.33. The summed E-state index contributed by atoms with van der Waals surface area (Å²) in [7, 11) is -4.33. The van der Waals surface area contributed by atoms with Crippen LogP contribution in [0.15, 0.2) is 83.8 Å². The summed E-state index contributed by atoms with van der Waals surface area (Å²) >= 11 is 6.05. The van der Waals surface area contributed by atoms with Crippen molar-refractivity contribution in [2.45, 2.75) is 62.6 Å². The molecular formula is C30H33ClN4O6S. The summed E-state index contributed by atoms with van der Waals surface area (Å²) in [6.07, 6.45) is 4.87. The number of halogens is 1. The number of sulfonamides is 1. The van der Waals surface area contributed by atoms with E-state index in [0.29, 0.717) is 10.6 Å². The van der Waals surface area contributed by atoms with Gasteiger partial charge in [0, 0.05) is 29.7 Å². The van der Waals surface area contributed by atoms with Gasteiger partial charge in [-0.1, -0.05) is 67.3 Å². The van der Waals surface area contributed by atoms with Crippen LogP contribution < -0.4 is 9.62 Å². The summed E-state index contributed by atoms with van der Waals surface area (Å²) in [4.78, 5) is 39.5. The monoisotopic (exact) mass is 612 g/mol. The summed E-state index contributed by atoms with van der Waals surface area (Å²) in [5.41, 5.74) is 0.316. The quantitative estimate of drug-likeness (QED) is 0.231. The zero-order valence-electron chi connectivity index (χ0n) is 23.2. The number of nitrogens with zero attached hydrogens (tertiary/aromatic N) is 3. The highest BCUT2D eigenvalue weighted by Crippen LogP contribution is 2.28. The average Bonchev–Trinajstić information content (AvgIpc) is 3.00. The number of rotatable bonds is 11. The van der Waals surface area contributed by atoms with Gasteiger partial charge in [0.25, 0.3) is 15.7 Å². The molecule has 0 radical (unpaired) electrons. The van der Waals surface area contributed by atoms with E-state index in [2.05, 4.69) is 5.32 Å². The standard InChI is InChI=1S/C30H33ClN4O6S/c1-22(30(37)32-25-9-4-2-5-10-25)33(20-23-15-17-24(31)18-16-23)29(36)21-34(26-11-8-12-27(19-26)35(38)39)42(40,41)28-13-6-3-7-14-28/h3,6-8,11-19,22,25H,2,4-5,9-10,20-21H2,1H3,(H,32,37)/t22-/m0/s1. The maximum absolute atomic E-state index is 14.0. The van der Waals surface area contributed by atoms with Crippen molar-refractivity contribution in [1.82, 2.24) is 10.2 Å². The normalized spacial score (nSPS) is 14.5. The summed E-state index contributed by atoms with van der Waals surface area (Å²) in [6, 6.07) is 18.5. The van der Waals surface area contributed by atoms with E-state index in [0.717, 1.165) is 42.5 Å². The van der Waals surface area contributed by atoms with Gasteiger partial charge in [0.2, 0.25) is 11.8 Å². The molecule has 2 amide bonds. The smallest absolute Gasteiger partial charge is 0.271 e. The van der Waals surface area contributed by atoms with Crippen molar-refractivity contribution in [2.24, 2.45) is 0 Å². The fourth-order valence-corrected chi connectivity index (χ4v) is 6.50. The molecule has 1 N–H and O–H groups in total. The van der Waals surface area contributed by atoms with Gasteiger partial charge in [0.15, 0.2) is 0 Å². The predicted octanol–water partition coefficient (Wildman–Crippen LogP) is 5.31. The molecule has 0 saturated heterocycles. The number of amides is 2. The Morgan fingerprint density at radius 2 is 1.67 bits per heavy atom. The molecule has 0 aromatic heterocycles. The van der Waals surface area contributed by atoms with Crippen LogP contribution in [-0.4, -0.2) is 48.7 Å². The highest BCUT2D eigenvalue weighted by atomic mass is 35.5. The molecule has 3 aromatic carbocycles. The molecule has 1 aliphatic carbocycles. The number of carbonyl (C=O) groups is 2. The number of nitro benzene ring substituents is 1. The Balaban J connectivity index is 1.69. The maximum Gasteiger partial charge on any atom is 0.271 e. The topological polar surface area (TPSA) is 130 Å². The SMILES string of the molecule is C[C@@H](C(=O)NC1CCCCC1)N(Cc1ccc(Cl)cc1)C(=O)CN(c1cccc([N+](=O)[O-])c1)S(=O)(=O)c1ccccc1. The molecule has 0 bridgehead atoms. The molecule has 0 spiro atoms. The number of hydrogen-bond acceptors (Lipinski definition) is 6. The van der Waals surface area contributed by atoms with Crippen molar-refractivity contribution >= 4 is 44.8 Å². The Kier molecular flexibility index (Phi) is 10.2. The molecule has 3 aromatic rings. The molecule has 222 valence electrons. The zero-order chi connectivity index (χ0) is 30.3. The third kappa shape index (κ3) is 7.65. The first-order chi connectivity index (χ1) is 20.1. The molecule has 42 heavy (non-hydrogen) atoms. The van der Waals surface area contributed by atoms with Crippen LogP contribution in [-0.2, 0) is 26.2 Å². The van der Waals surface area contributed by atoms with Crippen molar-refractivity contribution in [1.29, 1.82) is 0 Å². The minimum absolute atomic E-state index is 0.0148. The molecule has 0 unspecified atom stereocenters. The molecule has 12 heteroatoms. The highest BCUT2D eigenvalue weighted by Gasteiger charge is 2.33. The van der Waals surface area contributed by atoms with E-state index >= 15 is 0 Å². The Morgan fingerprint density at radius 3 is 2.31 bits per heavy atom. The Morgan fingerprint density at radius 1 is 1.00 bits per heavy atom. The third-order valence-corrected chi connectivity index (χ3v) is 9.36. The first-order valence-corrected chi connectivity index (χ1v) is 15.5. The lowest BCUT2D eigenvalue weighted by atomic mass is 9.95. The number of benzene rings is 3. The van der Waals surface area contributed by atoms with Crippen molar-refractivity contribution in [3.05, 3.63) is 99.6 Å². The van der Waals surface area contributed by atoms with Crippen LogP contribution in [0.25, 0.3) is 0 Å². The number of nitro groups is 1. The van der Waals surface area contributed by atoms with E-state index in [9.17, 15) is 28.1 Å². The molecule has 4 rings (SSSR count). The van der Waals surface area contributed by atoms with Gasteiger partial charge in [0.1, 0.15) is 12.6 Å². The lowest BCUT2D eigenvalue weighted by Crippen LogP contribution is -2.53. The van der Waals surface area contributed by atoms with Crippen LogP contribution in [0, 0.1) is 10.1 Å². The number of nitrogens with one attached hydrogen (secondary N) is 1. The van der Waals surface area contributed by atoms with Crippen LogP contribution >= 0.6 is 11.6 Å². The maximum atomic E-state index is 14.0. The van der Waals surface area contributed by atoms with Crippen LogP contribution in [0.3, 0.4) is 0 Å². The van der Waals surface area contributed by atoms with Crippen LogP contribution in [0.1, 0.15) is 44.6 Å². The van der Waals surface area contributed by atoms with Gasteiger partial charge in [-0.25, -0.2) is 8.42 Å². The van der Waals surface area contributed by atoms with Crippen LogP contribution in [0.5, 0.6) is 0 Å². The van der Waals surface area contributed by atoms with Gasteiger partial charge in [-0.2, -0.15) is 0 Å². The van der Waals surface area contributed by atoms with E-state index < -0.39 is 33.4 Å². The van der Waals surface area contributed by atoms with Crippen molar-refractivity contribution in [2.75, 3.05) is 10.8 Å². The second-order valence-corrected chi connectivity index (χ2v) is 12.6. The molecule has 1 atom stereocenters. The van der Waals surface area contributed by atoms with Gasteiger partial charge >= 0.3 is 0 Å². The first-order valence-electron chi connectivity index (χ1n) is 13.7. The summed E-state index contributed by atoms with van der Waals surface area (Å²) in [6.45, 7) is 0.936. The van der Waals surface area contributed by atoms with Crippen molar-refractivity contribution in [3.8, 4) is 0 Å². The minimum Gasteiger partial charge on any atom is -0.352 e. The van der Waals surface area contributed by atoms with Crippen molar-refractivity contribution in [3.63, 3.8) is 0 Å². The Hall–Kier alpha value is -3.96. The lowest BCUT2D eigenvalue weighted by molar-refractivity contribution is -0.384. The summed E-state index contributed by atoms with van der Waals surface area (Å²) in [5, 5.41) is 15.0. The second kappa shape index (κ2) is 13.8. The number of hydrogen-bond donors (Lipinski definition) is 1. The first kappa shape index (κ1) is 31.0. The highest BCUT2D eigenvalue weighted by molar-refractivity contribution is 7.92. The van der Waals surface area contributed by atoms with E-state index in [-0.39, 0.29) is 34.8 Å². The largest absolute Gasteiger partial charge is 0.352 e. The van der Waals surface area contributed by atoms with E-state index in [4.69, 9.17) is 11.6 Å². The van der Waals surface area contributed by atoms with Gasteiger partial charge in [-0.3, -0.25) is 24.0 Å². The molecule has 10 nitrogen and oxygen atoms in total. The average molecular weight is 613 g/mol. The number of anilines is 1. The molecule has 1 aliphatic rings. The molecule has 1 saturated carbocycles. The van der Waals surface area contributed by atoms with Gasteiger partial charge < -0.3 is 10.2 Å². The fourth-order valence-electron chi connectivity index (χ4n) is 4.95. The van der Waals surface area contributed by atoms with Crippen LogP contribution in [0.2, 0.25) is 5.02 Å². The molecule has 1 fully saturated rings. The van der Waals surface area contributed by atoms with Gasteiger partial charge in [0.05, 0.1) is 15.5 Å². The fraction of sp³-hybridized carbons (Fsp3) is 0.333. The number of carbonyl (C=O) groups excluding carboxylic acids is 2. The van der Waals surface area contributed by atoms with Gasteiger partial charge in [-0.15, -0.1) is 0 Å². The third-order valence-electron chi connectivity index (χ3n) is 7.32. The van der Waals surface area contributed by atoms with E-state index in [1.54, 1.807) is 49.4 Å². The van der Waals surface area contributed by atoms with Gasteiger partial charge in [-0.05, 0) is 55.7 Å². The van der Waals surface area contributed by atoms with E-state index in [1.807, 2.05) is 0 Å². The number of non-ortho nitro benzene ring substituents is 1. The van der Waals surface area contributed by atoms with Crippen LogP contribution in [0.4, 0.5) is 11.4 Å². The predicted molar refractivity (Wildman–Crippen MR) is 161 cm³/mol. The zero-order valence-corrected chi connectivity index (χ0v) is 24.8. The summed E-state index contributed by atoms with van der Waals surface area (Å²) < 4.78 is 28.5. The second-order valence-electron chi connectivity index (χ2n) is 10.3. The molecular weight excluding hydrogens is 580 g/mol. The molecule has 0 heterocycles. The molecule has 0 aliphatic heterocycles. The Bertz CT molecular complexity index is 1510. The van der Waals surface area contributed by atoms with Crippen molar-refractivity contribution < 1.29 is 22.9 Å². The summed E-state index contributed by atoms with van der Waals surface area (Å²) in [5.74, 6) is -0.987. The Labute approximate surface area is 250 Å². The minimum atomic E-state index is -4.33.